The van der Waals surface area contributed by atoms with Crippen molar-refractivity contribution in [2.24, 2.45) is 0 Å². The fourth-order valence-electron chi connectivity index (χ4n) is 6.28. The van der Waals surface area contributed by atoms with Gasteiger partial charge in [-0.2, -0.15) is 0 Å². The molecule has 6 nitrogen and oxygen atoms in total. The molecule has 0 amide bonds. The Morgan fingerprint density at radius 3 is 2.43 bits per heavy atom. The number of pyridine rings is 1. The van der Waals surface area contributed by atoms with E-state index in [4.69, 9.17) is 0 Å². The SMILES string of the molecule is CN1CCC(c2ccc(-c3cc(F)c4c(=O)n(C(c5nc6ccccc6[nH]5)c5cc(F)ccc5O)ccc4c3)cc2)CC1.Cl. The molecule has 1 atom stereocenters. The summed E-state index contributed by atoms with van der Waals surface area (Å²) in [4.78, 5) is 24.1. The van der Waals surface area contributed by atoms with Crippen LogP contribution in [0.15, 0.2) is 95.9 Å². The molecule has 0 aliphatic carbocycles. The lowest BCUT2D eigenvalue weighted by Crippen LogP contribution is -2.29. The molecule has 9 heteroatoms. The van der Waals surface area contributed by atoms with Gasteiger partial charge < -0.3 is 15.0 Å². The Labute approximate surface area is 259 Å². The molecule has 6 aromatic rings. The molecule has 1 unspecified atom stereocenters. The lowest BCUT2D eigenvalue weighted by molar-refractivity contribution is 0.255. The van der Waals surface area contributed by atoms with E-state index >= 15 is 4.39 Å². The monoisotopic (exact) mass is 612 g/mol. The summed E-state index contributed by atoms with van der Waals surface area (Å²) in [5.41, 5.74) is 3.70. The number of fused-ring (bicyclic) bond motifs is 2. The summed E-state index contributed by atoms with van der Waals surface area (Å²) in [6.45, 7) is 2.16. The summed E-state index contributed by atoms with van der Waals surface area (Å²) >= 11 is 0. The number of H-pyrrole nitrogens is 1. The van der Waals surface area contributed by atoms with Crippen LogP contribution in [0.4, 0.5) is 8.78 Å². The summed E-state index contributed by atoms with van der Waals surface area (Å²) < 4.78 is 31.5. The molecule has 1 fully saturated rings. The number of benzene rings is 4. The number of halogens is 3. The molecule has 44 heavy (non-hydrogen) atoms. The number of para-hydroxylation sites is 2. The van der Waals surface area contributed by atoms with Gasteiger partial charge in [-0.05, 0) is 110 Å². The average molecular weight is 613 g/mol. The number of rotatable bonds is 5. The number of hydrogen-bond acceptors (Lipinski definition) is 4. The van der Waals surface area contributed by atoms with Gasteiger partial charge >= 0.3 is 0 Å². The number of nitrogens with one attached hydrogen (secondary N) is 1. The molecule has 1 aliphatic rings. The van der Waals surface area contributed by atoms with Gasteiger partial charge in [0.2, 0.25) is 0 Å². The summed E-state index contributed by atoms with van der Waals surface area (Å²) in [6.07, 6.45) is 3.78. The molecule has 0 bridgehead atoms. The number of aromatic nitrogens is 3. The molecule has 2 aromatic heterocycles. The van der Waals surface area contributed by atoms with Crippen molar-refractivity contribution < 1.29 is 13.9 Å². The fraction of sp³-hybridized carbons (Fsp3) is 0.200. The zero-order chi connectivity index (χ0) is 29.7. The quantitative estimate of drug-likeness (QED) is 0.213. The predicted octanol–water partition coefficient (Wildman–Crippen LogP) is 7.40. The molecule has 0 radical (unpaired) electrons. The Bertz CT molecular complexity index is 2000. The van der Waals surface area contributed by atoms with E-state index in [2.05, 4.69) is 34.0 Å². The molecule has 0 spiro atoms. The number of phenols is 1. The zero-order valence-electron chi connectivity index (χ0n) is 24.0. The first-order valence-electron chi connectivity index (χ1n) is 14.4. The van der Waals surface area contributed by atoms with Crippen LogP contribution in [-0.4, -0.2) is 44.7 Å². The Hall–Kier alpha value is -4.53. The molecule has 3 heterocycles. The van der Waals surface area contributed by atoms with E-state index in [0.29, 0.717) is 33.7 Å². The van der Waals surface area contributed by atoms with E-state index in [9.17, 15) is 14.3 Å². The van der Waals surface area contributed by atoms with Gasteiger partial charge in [-0.1, -0.05) is 36.4 Å². The number of hydrogen-bond donors (Lipinski definition) is 2. The Kier molecular flexibility index (Phi) is 7.97. The maximum Gasteiger partial charge on any atom is 0.262 e. The van der Waals surface area contributed by atoms with Gasteiger partial charge in [0.15, 0.2) is 0 Å². The van der Waals surface area contributed by atoms with Crippen LogP contribution in [-0.2, 0) is 0 Å². The normalized spacial score (nSPS) is 15.0. The van der Waals surface area contributed by atoms with Crippen LogP contribution in [0.2, 0.25) is 0 Å². The van der Waals surface area contributed by atoms with E-state index in [-0.39, 0.29) is 29.1 Å². The van der Waals surface area contributed by atoms with Gasteiger partial charge in [0, 0.05) is 11.8 Å². The third kappa shape index (κ3) is 5.36. The van der Waals surface area contributed by atoms with Crippen LogP contribution in [0.5, 0.6) is 5.75 Å². The van der Waals surface area contributed by atoms with E-state index in [0.717, 1.165) is 37.6 Å². The van der Waals surface area contributed by atoms with Gasteiger partial charge in [-0.15, -0.1) is 12.4 Å². The molecule has 224 valence electrons. The molecule has 4 aromatic carbocycles. The first-order chi connectivity index (χ1) is 20.9. The predicted molar refractivity (Wildman–Crippen MR) is 172 cm³/mol. The number of nitrogens with zero attached hydrogens (tertiary/aromatic N) is 3. The first-order valence-corrected chi connectivity index (χ1v) is 14.4. The summed E-state index contributed by atoms with van der Waals surface area (Å²) in [7, 11) is 2.15. The standard InChI is InChI=1S/C35H30F2N4O2.ClH/c1-40-15-12-23(13-16-40)21-6-8-22(9-7-21)25-18-24-14-17-41(35(43)32(24)28(37)19-25)33(27-20-26(36)10-11-31(27)42)34-38-29-4-2-3-5-30(29)39-34;/h2-11,14,17-20,23,33,42H,12-13,15-16H2,1H3,(H,38,39);1H. The number of aromatic hydroxyl groups is 1. The largest absolute Gasteiger partial charge is 0.508 e. The van der Waals surface area contributed by atoms with Crippen molar-refractivity contribution >= 4 is 34.2 Å². The lowest BCUT2D eigenvalue weighted by atomic mass is 9.88. The Morgan fingerprint density at radius 2 is 1.68 bits per heavy atom. The highest BCUT2D eigenvalue weighted by atomic mass is 35.5. The third-order valence-electron chi connectivity index (χ3n) is 8.65. The first kappa shape index (κ1) is 29.5. The Balaban J connectivity index is 0.00000343. The summed E-state index contributed by atoms with van der Waals surface area (Å²) in [5.74, 6) is -0.614. The van der Waals surface area contributed by atoms with Gasteiger partial charge in [0.05, 0.1) is 16.4 Å². The highest BCUT2D eigenvalue weighted by Crippen LogP contribution is 2.34. The zero-order valence-corrected chi connectivity index (χ0v) is 24.8. The highest BCUT2D eigenvalue weighted by molar-refractivity contribution is 5.87. The Morgan fingerprint density at radius 1 is 0.932 bits per heavy atom. The lowest BCUT2D eigenvalue weighted by Gasteiger charge is -2.29. The molecular weight excluding hydrogens is 582 g/mol. The second-order valence-corrected chi connectivity index (χ2v) is 11.4. The second-order valence-electron chi connectivity index (χ2n) is 11.4. The van der Waals surface area contributed by atoms with Crippen LogP contribution in [0.25, 0.3) is 32.9 Å². The number of piperidine rings is 1. The number of imidazole rings is 1. The van der Waals surface area contributed by atoms with E-state index < -0.39 is 23.2 Å². The maximum absolute atomic E-state index is 15.8. The van der Waals surface area contributed by atoms with Crippen molar-refractivity contribution in [3.05, 3.63) is 130 Å². The fourth-order valence-corrected chi connectivity index (χ4v) is 6.28. The summed E-state index contributed by atoms with van der Waals surface area (Å²) in [6, 6.07) is 22.9. The van der Waals surface area contributed by atoms with Crippen LogP contribution in [0, 0.1) is 11.6 Å². The molecule has 7 rings (SSSR count). The van der Waals surface area contributed by atoms with Crippen molar-refractivity contribution in [3.63, 3.8) is 0 Å². The topological polar surface area (TPSA) is 74.2 Å². The van der Waals surface area contributed by atoms with Gasteiger partial charge in [-0.25, -0.2) is 13.8 Å². The molecule has 2 N–H and O–H groups in total. The van der Waals surface area contributed by atoms with Crippen LogP contribution >= 0.6 is 12.4 Å². The van der Waals surface area contributed by atoms with Crippen LogP contribution in [0.1, 0.15) is 41.8 Å². The second kappa shape index (κ2) is 11.9. The number of likely N-dealkylation sites (tertiary alicyclic amines) is 1. The van der Waals surface area contributed by atoms with Crippen molar-refractivity contribution in [1.29, 1.82) is 0 Å². The van der Waals surface area contributed by atoms with E-state index in [1.807, 2.05) is 42.5 Å². The average Bonchev–Trinajstić information content (AvgIpc) is 3.44. The van der Waals surface area contributed by atoms with Gasteiger partial charge in [0.1, 0.15) is 29.3 Å². The van der Waals surface area contributed by atoms with Gasteiger partial charge in [-0.3, -0.25) is 9.36 Å². The maximum atomic E-state index is 15.8. The van der Waals surface area contributed by atoms with Crippen molar-refractivity contribution in [2.45, 2.75) is 24.8 Å². The third-order valence-corrected chi connectivity index (χ3v) is 8.65. The molecular formula is C35H31ClF2N4O2. The van der Waals surface area contributed by atoms with Crippen LogP contribution < -0.4 is 5.56 Å². The number of phenolic OH excluding ortho intramolecular Hbond substituents is 1. The minimum atomic E-state index is -1.04. The van der Waals surface area contributed by atoms with Crippen molar-refractivity contribution in [3.8, 4) is 16.9 Å². The molecule has 0 saturated carbocycles. The van der Waals surface area contributed by atoms with Crippen molar-refractivity contribution in [1.82, 2.24) is 19.4 Å². The highest BCUT2D eigenvalue weighted by Gasteiger charge is 2.26. The van der Waals surface area contributed by atoms with E-state index in [1.165, 1.54) is 28.3 Å². The molecule has 1 saturated heterocycles. The molecule has 1 aliphatic heterocycles. The van der Waals surface area contributed by atoms with Gasteiger partial charge in [0.25, 0.3) is 5.56 Å². The summed E-state index contributed by atoms with van der Waals surface area (Å²) in [5, 5.41) is 11.1. The minimum Gasteiger partial charge on any atom is -0.508 e. The number of aromatic amines is 1. The van der Waals surface area contributed by atoms with Crippen LogP contribution in [0.3, 0.4) is 0 Å². The van der Waals surface area contributed by atoms with Crippen molar-refractivity contribution in [2.75, 3.05) is 20.1 Å². The smallest absolute Gasteiger partial charge is 0.262 e. The minimum absolute atomic E-state index is 0. The van der Waals surface area contributed by atoms with E-state index in [1.54, 1.807) is 12.3 Å².